The monoisotopic (exact) mass is 475 g/mol. The molecule has 0 N–H and O–H groups in total. The normalized spacial score (nSPS) is 12.1. The molecule has 0 aliphatic carbocycles. The second kappa shape index (κ2) is 8.47. The first-order chi connectivity index (χ1) is 16.0. The lowest BCUT2D eigenvalue weighted by atomic mass is 9.84. The van der Waals surface area contributed by atoms with E-state index >= 15 is 0 Å². The largest absolute Gasteiger partial charge is 0.497 e. The summed E-state index contributed by atoms with van der Waals surface area (Å²) in [6.45, 7) is 3.60. The number of ether oxygens (including phenoxy) is 1. The van der Waals surface area contributed by atoms with Crippen LogP contribution in [0.1, 0.15) is 30.9 Å². The number of alkyl halides is 3. The highest BCUT2D eigenvalue weighted by Crippen LogP contribution is 2.34. The molecule has 0 aromatic carbocycles. The minimum atomic E-state index is -4.58. The van der Waals surface area contributed by atoms with Gasteiger partial charge in [0.05, 0.1) is 29.8 Å². The van der Waals surface area contributed by atoms with Gasteiger partial charge in [-0.3, -0.25) is 4.98 Å². The van der Waals surface area contributed by atoms with Crippen LogP contribution in [0.25, 0.3) is 17.1 Å². The molecule has 0 aliphatic rings. The molecule has 11 heteroatoms. The maximum Gasteiger partial charge on any atom is 0.435 e. The molecular formula is C23H18F5N5O. The Labute approximate surface area is 191 Å². The smallest absolute Gasteiger partial charge is 0.435 e. The fourth-order valence-corrected chi connectivity index (χ4v) is 3.32. The Morgan fingerprint density at radius 2 is 1.62 bits per heavy atom. The topological polar surface area (TPSA) is 65.7 Å². The Hall–Kier alpha value is -3.89. The molecule has 34 heavy (non-hydrogen) atoms. The summed E-state index contributed by atoms with van der Waals surface area (Å²) in [5, 5.41) is 3.56. The molecule has 4 heterocycles. The van der Waals surface area contributed by atoms with Crippen molar-refractivity contribution in [2.45, 2.75) is 25.4 Å². The van der Waals surface area contributed by atoms with E-state index in [-0.39, 0.29) is 17.1 Å². The van der Waals surface area contributed by atoms with E-state index in [2.05, 4.69) is 20.1 Å². The van der Waals surface area contributed by atoms with Gasteiger partial charge in [-0.15, -0.1) is 0 Å². The number of halogens is 5. The van der Waals surface area contributed by atoms with E-state index < -0.39 is 29.2 Å². The Kier molecular flexibility index (Phi) is 5.80. The molecule has 4 aromatic heterocycles. The number of methoxy groups -OCH3 is 1. The summed E-state index contributed by atoms with van der Waals surface area (Å²) in [6, 6.07) is 11.1. The second-order valence-electron chi connectivity index (χ2n) is 7.90. The van der Waals surface area contributed by atoms with Gasteiger partial charge in [-0.1, -0.05) is 6.07 Å². The van der Waals surface area contributed by atoms with E-state index in [4.69, 9.17) is 4.74 Å². The third-order valence-electron chi connectivity index (χ3n) is 5.25. The van der Waals surface area contributed by atoms with Gasteiger partial charge >= 0.3 is 6.18 Å². The van der Waals surface area contributed by atoms with Crippen molar-refractivity contribution in [2.75, 3.05) is 7.11 Å². The number of pyridine rings is 3. The van der Waals surface area contributed by atoms with Crippen molar-refractivity contribution in [2.24, 2.45) is 0 Å². The van der Waals surface area contributed by atoms with Gasteiger partial charge < -0.3 is 4.74 Å². The van der Waals surface area contributed by atoms with Crippen molar-refractivity contribution in [3.05, 3.63) is 83.7 Å². The van der Waals surface area contributed by atoms with Crippen molar-refractivity contribution < 1.29 is 26.7 Å². The third-order valence-corrected chi connectivity index (χ3v) is 5.25. The first kappa shape index (κ1) is 23.3. The van der Waals surface area contributed by atoms with Gasteiger partial charge in [0.25, 0.3) is 0 Å². The highest BCUT2D eigenvalue weighted by atomic mass is 19.4. The van der Waals surface area contributed by atoms with E-state index in [1.165, 1.54) is 31.5 Å². The lowest BCUT2D eigenvalue weighted by Crippen LogP contribution is -2.23. The van der Waals surface area contributed by atoms with Crippen molar-refractivity contribution in [1.29, 1.82) is 0 Å². The first-order valence-corrected chi connectivity index (χ1v) is 9.99. The molecule has 4 aromatic rings. The Morgan fingerprint density at radius 3 is 2.26 bits per heavy atom. The van der Waals surface area contributed by atoms with Crippen LogP contribution in [0.3, 0.4) is 0 Å². The minimum Gasteiger partial charge on any atom is -0.497 e. The highest BCUT2D eigenvalue weighted by molar-refractivity contribution is 5.61. The maximum absolute atomic E-state index is 14.3. The fourth-order valence-electron chi connectivity index (χ4n) is 3.32. The molecule has 0 fully saturated rings. The molecule has 0 radical (unpaired) electrons. The first-order valence-electron chi connectivity index (χ1n) is 9.99. The van der Waals surface area contributed by atoms with E-state index in [0.717, 1.165) is 16.8 Å². The molecule has 0 bridgehead atoms. The van der Waals surface area contributed by atoms with Crippen LogP contribution in [0.2, 0.25) is 0 Å². The van der Waals surface area contributed by atoms with Crippen LogP contribution in [0.4, 0.5) is 22.0 Å². The summed E-state index contributed by atoms with van der Waals surface area (Å²) in [7, 11) is 1.43. The highest BCUT2D eigenvalue weighted by Gasteiger charge is 2.34. The van der Waals surface area contributed by atoms with E-state index in [1.54, 1.807) is 32.0 Å². The second-order valence-corrected chi connectivity index (χ2v) is 7.90. The molecular weight excluding hydrogens is 457 g/mol. The summed E-state index contributed by atoms with van der Waals surface area (Å²) in [6.07, 6.45) is -3.40. The molecule has 0 spiro atoms. The van der Waals surface area contributed by atoms with Gasteiger partial charge in [-0.2, -0.15) is 32.0 Å². The van der Waals surface area contributed by atoms with Crippen LogP contribution in [-0.4, -0.2) is 31.8 Å². The average Bonchev–Trinajstić information content (AvgIpc) is 3.30. The summed E-state index contributed by atoms with van der Waals surface area (Å²) in [5.41, 5.74) is -0.859. The molecule has 0 atom stereocenters. The quantitative estimate of drug-likeness (QED) is 0.287. The van der Waals surface area contributed by atoms with Crippen LogP contribution < -0.4 is 4.74 Å². The lowest BCUT2D eigenvalue weighted by molar-refractivity contribution is -0.141. The number of aromatic nitrogens is 5. The zero-order valence-corrected chi connectivity index (χ0v) is 18.2. The summed E-state index contributed by atoms with van der Waals surface area (Å²) in [4.78, 5) is 12.2. The Balaban J connectivity index is 1.77. The summed E-state index contributed by atoms with van der Waals surface area (Å²) in [5.74, 6) is -1.44. The molecule has 0 saturated carbocycles. The van der Waals surface area contributed by atoms with Crippen LogP contribution in [0.15, 0.2) is 54.7 Å². The van der Waals surface area contributed by atoms with Crippen LogP contribution in [0, 0.1) is 11.9 Å². The standard InChI is InChI=1S/C23H18F5N5O/c1-22(2,16-5-4-6-20(30-16)33-10-9-17(32-33)23(26,27)28)18-12-13(34-3)11-15(29-18)14-7-8-19(24)31-21(14)25/h4-12H,1-3H3. The Morgan fingerprint density at radius 1 is 0.853 bits per heavy atom. The zero-order valence-electron chi connectivity index (χ0n) is 18.2. The van der Waals surface area contributed by atoms with E-state index in [9.17, 15) is 22.0 Å². The third kappa shape index (κ3) is 4.45. The fraction of sp³-hybridized carbons (Fsp3) is 0.217. The van der Waals surface area contributed by atoms with Crippen LogP contribution in [-0.2, 0) is 11.6 Å². The average molecular weight is 475 g/mol. The number of nitrogens with zero attached hydrogens (tertiary/aromatic N) is 5. The molecule has 0 aliphatic heterocycles. The predicted molar refractivity (Wildman–Crippen MR) is 112 cm³/mol. The summed E-state index contributed by atoms with van der Waals surface area (Å²) >= 11 is 0. The molecule has 0 unspecified atom stereocenters. The summed E-state index contributed by atoms with van der Waals surface area (Å²) < 4.78 is 72.8. The number of rotatable bonds is 5. The van der Waals surface area contributed by atoms with Crippen LogP contribution in [0.5, 0.6) is 5.75 Å². The Bertz CT molecular complexity index is 1350. The molecule has 0 saturated heterocycles. The van der Waals surface area contributed by atoms with Gasteiger partial charge in [-0.05, 0) is 44.2 Å². The minimum absolute atomic E-state index is 0.0183. The van der Waals surface area contributed by atoms with E-state index in [1.807, 2.05) is 0 Å². The van der Waals surface area contributed by atoms with Gasteiger partial charge in [0.2, 0.25) is 11.9 Å². The van der Waals surface area contributed by atoms with Crippen molar-refractivity contribution >= 4 is 0 Å². The maximum atomic E-state index is 14.3. The van der Waals surface area contributed by atoms with E-state index in [0.29, 0.717) is 17.1 Å². The molecule has 6 nitrogen and oxygen atoms in total. The predicted octanol–water partition coefficient (Wildman–Crippen LogP) is 5.36. The lowest BCUT2D eigenvalue weighted by Gasteiger charge is -2.25. The molecule has 4 rings (SSSR count). The molecule has 0 amide bonds. The van der Waals surface area contributed by atoms with Gasteiger partial charge in [-0.25, -0.2) is 9.67 Å². The van der Waals surface area contributed by atoms with Gasteiger partial charge in [0.15, 0.2) is 11.5 Å². The van der Waals surface area contributed by atoms with Crippen molar-refractivity contribution in [3.8, 4) is 22.8 Å². The van der Waals surface area contributed by atoms with Gasteiger partial charge in [0.1, 0.15) is 5.75 Å². The number of hydrogen-bond donors (Lipinski definition) is 0. The van der Waals surface area contributed by atoms with Crippen LogP contribution >= 0.6 is 0 Å². The number of hydrogen-bond acceptors (Lipinski definition) is 5. The van der Waals surface area contributed by atoms with Gasteiger partial charge in [0, 0.05) is 23.7 Å². The zero-order chi connectivity index (χ0) is 24.7. The molecule has 176 valence electrons. The van der Waals surface area contributed by atoms with Crippen molar-refractivity contribution in [1.82, 2.24) is 24.7 Å². The SMILES string of the molecule is COc1cc(-c2ccc(F)nc2F)nc(C(C)(C)c2cccc(-n3ccc(C(F)(F)F)n3)n2)c1. The van der Waals surface area contributed by atoms with Crippen molar-refractivity contribution in [3.63, 3.8) is 0 Å².